The molecule has 0 fully saturated rings. The first-order chi connectivity index (χ1) is 10.6. The van der Waals surface area contributed by atoms with Gasteiger partial charge in [0.15, 0.2) is 0 Å². The van der Waals surface area contributed by atoms with Crippen LogP contribution in [0, 0.1) is 12.8 Å². The van der Waals surface area contributed by atoms with Gasteiger partial charge in [-0.05, 0) is 13.0 Å². The van der Waals surface area contributed by atoms with Gasteiger partial charge >= 0.3 is 6.01 Å². The molecule has 0 aliphatic carbocycles. The zero-order valence-electron chi connectivity index (χ0n) is 12.8. The van der Waals surface area contributed by atoms with Crippen molar-refractivity contribution in [2.24, 2.45) is 5.92 Å². The molecule has 22 heavy (non-hydrogen) atoms. The number of nitrogens with zero attached hydrogens (tertiary/aromatic N) is 5. The van der Waals surface area contributed by atoms with Crippen LogP contribution >= 0.6 is 0 Å². The molecule has 0 unspecified atom stereocenters. The van der Waals surface area contributed by atoms with Gasteiger partial charge in [-0.1, -0.05) is 0 Å². The van der Waals surface area contributed by atoms with E-state index in [0.717, 1.165) is 17.9 Å². The lowest BCUT2D eigenvalue weighted by Gasteiger charge is -2.22. The van der Waals surface area contributed by atoms with Crippen LogP contribution in [0.3, 0.4) is 0 Å². The number of carbonyl (C=O) groups is 1. The summed E-state index contributed by atoms with van der Waals surface area (Å²) in [5, 5.41) is 0. The second-order valence-electron chi connectivity index (χ2n) is 5.59. The number of aromatic nitrogens is 4. The highest BCUT2D eigenvalue weighted by molar-refractivity contribution is 5.73. The van der Waals surface area contributed by atoms with Crippen molar-refractivity contribution in [3.63, 3.8) is 0 Å². The van der Waals surface area contributed by atoms with Crippen molar-refractivity contribution in [1.82, 2.24) is 24.4 Å². The zero-order chi connectivity index (χ0) is 15.5. The van der Waals surface area contributed by atoms with E-state index >= 15 is 0 Å². The number of carbonyl (C=O) groups excluding carboxylic acids is 1. The Morgan fingerprint density at radius 1 is 1.45 bits per heavy atom. The summed E-state index contributed by atoms with van der Waals surface area (Å²) in [5.74, 6) is 0.231. The lowest BCUT2D eigenvalue weighted by Crippen LogP contribution is -2.34. The number of ether oxygens (including phenoxy) is 1. The van der Waals surface area contributed by atoms with Crippen molar-refractivity contribution >= 4 is 5.91 Å². The van der Waals surface area contributed by atoms with Gasteiger partial charge in [0, 0.05) is 44.0 Å². The first kappa shape index (κ1) is 14.5. The monoisotopic (exact) mass is 301 g/mol. The minimum absolute atomic E-state index is 0.0615. The van der Waals surface area contributed by atoms with Gasteiger partial charge in [-0.15, -0.1) is 0 Å². The van der Waals surface area contributed by atoms with Crippen molar-refractivity contribution in [3.05, 3.63) is 36.2 Å². The summed E-state index contributed by atoms with van der Waals surface area (Å²) in [7, 11) is 0. The van der Waals surface area contributed by atoms with Crippen LogP contribution < -0.4 is 4.74 Å². The smallest absolute Gasteiger partial charge is 0.316 e. The molecule has 1 amide bonds. The minimum Gasteiger partial charge on any atom is -0.463 e. The summed E-state index contributed by atoms with van der Waals surface area (Å²) < 4.78 is 7.79. The molecular formula is C15H19N5O2. The molecule has 2 aromatic heterocycles. The van der Waals surface area contributed by atoms with Crippen molar-refractivity contribution in [3.8, 4) is 6.01 Å². The second-order valence-corrected chi connectivity index (χ2v) is 5.59. The fourth-order valence-corrected chi connectivity index (χ4v) is 2.59. The Hall–Kier alpha value is -2.44. The molecule has 1 aliphatic rings. The minimum atomic E-state index is 0.0615. The highest BCUT2D eigenvalue weighted by atomic mass is 16.5. The molecule has 0 N–H and O–H groups in total. The summed E-state index contributed by atoms with van der Waals surface area (Å²) in [5.41, 5.74) is 1.91. The van der Waals surface area contributed by atoms with Crippen molar-refractivity contribution in [1.29, 1.82) is 0 Å². The Labute approximate surface area is 129 Å². The standard InChI is InChI=1S/C15H19N5O2/c1-11-3-4-17-15(18-11)22-9-13-6-19(12(2)21)8-14-5-16-10-20(14)7-13/h3-5,10,13H,6-9H2,1-2H3/t13-/m1/s1. The molecule has 7 heteroatoms. The SMILES string of the molecule is CC(=O)N1Cc2cncn2C[C@H](COc2nccc(C)n2)C1. The quantitative estimate of drug-likeness (QED) is 0.847. The first-order valence-corrected chi connectivity index (χ1v) is 7.29. The average molecular weight is 301 g/mol. The lowest BCUT2D eigenvalue weighted by atomic mass is 10.1. The highest BCUT2D eigenvalue weighted by Crippen LogP contribution is 2.17. The Kier molecular flexibility index (Phi) is 4.04. The number of imidazole rings is 1. The molecule has 3 heterocycles. The zero-order valence-corrected chi connectivity index (χ0v) is 12.8. The Morgan fingerprint density at radius 2 is 2.32 bits per heavy atom. The summed E-state index contributed by atoms with van der Waals surface area (Å²) >= 11 is 0. The Bertz CT molecular complexity index is 669. The fraction of sp³-hybridized carbons (Fsp3) is 0.467. The summed E-state index contributed by atoms with van der Waals surface area (Å²) in [4.78, 5) is 26.1. The van der Waals surface area contributed by atoms with E-state index in [1.54, 1.807) is 19.4 Å². The molecule has 0 spiro atoms. The maximum Gasteiger partial charge on any atom is 0.316 e. The lowest BCUT2D eigenvalue weighted by molar-refractivity contribution is -0.130. The van der Waals surface area contributed by atoms with E-state index in [9.17, 15) is 4.79 Å². The molecule has 116 valence electrons. The number of hydrogen-bond acceptors (Lipinski definition) is 5. The van der Waals surface area contributed by atoms with Crippen molar-refractivity contribution in [2.45, 2.75) is 26.9 Å². The number of hydrogen-bond donors (Lipinski definition) is 0. The van der Waals surface area contributed by atoms with E-state index in [4.69, 9.17) is 4.74 Å². The molecule has 0 aromatic carbocycles. The normalized spacial score (nSPS) is 17.7. The third-order valence-corrected chi connectivity index (χ3v) is 3.75. The van der Waals surface area contributed by atoms with Crippen LogP contribution in [0.5, 0.6) is 6.01 Å². The van der Waals surface area contributed by atoms with Gasteiger partial charge in [0.2, 0.25) is 5.91 Å². The summed E-state index contributed by atoms with van der Waals surface area (Å²) in [6, 6.07) is 2.21. The van der Waals surface area contributed by atoms with Crippen LogP contribution in [0.25, 0.3) is 0 Å². The first-order valence-electron chi connectivity index (χ1n) is 7.29. The van der Waals surface area contributed by atoms with Crippen LogP contribution in [0.4, 0.5) is 0 Å². The molecule has 1 aliphatic heterocycles. The number of rotatable bonds is 3. The van der Waals surface area contributed by atoms with Gasteiger partial charge in [0.1, 0.15) is 0 Å². The number of amides is 1. The Balaban J connectivity index is 1.71. The predicted molar refractivity (Wildman–Crippen MR) is 79.1 cm³/mol. The van der Waals surface area contributed by atoms with Crippen LogP contribution in [0.1, 0.15) is 18.3 Å². The van der Waals surface area contributed by atoms with Gasteiger partial charge in [-0.2, -0.15) is 0 Å². The molecule has 0 saturated heterocycles. The summed E-state index contributed by atoms with van der Waals surface area (Å²) in [6.07, 6.45) is 5.29. The van der Waals surface area contributed by atoms with E-state index < -0.39 is 0 Å². The third-order valence-electron chi connectivity index (χ3n) is 3.75. The van der Waals surface area contributed by atoms with E-state index in [2.05, 4.69) is 19.5 Å². The number of fused-ring (bicyclic) bond motifs is 1. The van der Waals surface area contributed by atoms with Gasteiger partial charge in [-0.3, -0.25) is 4.79 Å². The predicted octanol–water partition coefficient (Wildman–Crippen LogP) is 1.04. The van der Waals surface area contributed by atoms with Gasteiger partial charge < -0.3 is 14.2 Å². The van der Waals surface area contributed by atoms with E-state index in [-0.39, 0.29) is 11.8 Å². The second kappa shape index (κ2) is 6.13. The van der Waals surface area contributed by atoms with Gasteiger partial charge in [0.05, 0.1) is 25.2 Å². The van der Waals surface area contributed by atoms with Crippen LogP contribution in [-0.4, -0.2) is 43.5 Å². The largest absolute Gasteiger partial charge is 0.463 e. The fourth-order valence-electron chi connectivity index (χ4n) is 2.59. The summed E-state index contributed by atoms with van der Waals surface area (Å²) in [6.45, 7) is 5.97. The van der Waals surface area contributed by atoms with Crippen molar-refractivity contribution in [2.75, 3.05) is 13.2 Å². The van der Waals surface area contributed by atoms with Crippen LogP contribution in [0.15, 0.2) is 24.8 Å². The van der Waals surface area contributed by atoms with E-state index in [1.807, 2.05) is 24.1 Å². The Morgan fingerprint density at radius 3 is 3.09 bits per heavy atom. The molecule has 1 atom stereocenters. The molecular weight excluding hydrogens is 282 g/mol. The van der Waals surface area contributed by atoms with E-state index in [0.29, 0.717) is 25.7 Å². The maximum absolute atomic E-state index is 11.8. The van der Waals surface area contributed by atoms with Gasteiger partial charge in [0.25, 0.3) is 0 Å². The molecule has 0 bridgehead atoms. The van der Waals surface area contributed by atoms with Crippen LogP contribution in [0.2, 0.25) is 0 Å². The molecule has 0 saturated carbocycles. The molecule has 7 nitrogen and oxygen atoms in total. The third kappa shape index (κ3) is 3.24. The van der Waals surface area contributed by atoms with Crippen molar-refractivity contribution < 1.29 is 9.53 Å². The maximum atomic E-state index is 11.8. The highest BCUT2D eigenvalue weighted by Gasteiger charge is 2.24. The van der Waals surface area contributed by atoms with Gasteiger partial charge in [-0.25, -0.2) is 15.0 Å². The van der Waals surface area contributed by atoms with E-state index in [1.165, 1.54) is 0 Å². The average Bonchev–Trinajstić information content (AvgIpc) is 2.83. The van der Waals surface area contributed by atoms with Crippen LogP contribution in [-0.2, 0) is 17.9 Å². The topological polar surface area (TPSA) is 73.1 Å². The number of aryl methyl sites for hydroxylation is 1. The molecule has 3 rings (SSSR count). The molecule has 2 aromatic rings. The molecule has 0 radical (unpaired) electrons.